The van der Waals surface area contributed by atoms with Crippen LogP contribution in [-0.2, 0) is 0 Å². The Bertz CT molecular complexity index is 798. The molecule has 1 saturated heterocycles. The standard InChI is InChI=1S/C20H26N4O4S/c1-27-17-11-16(12-18(13-17)28-2)22-20(26)21-4-5-23-6-8-24(9-7-23)19(25)15-3-10-29-14-15/h3,10-14H,4-9H2,1-2H3,(H2,21,22,26). The zero-order valence-corrected chi connectivity index (χ0v) is 17.5. The number of nitrogens with zero attached hydrogens (tertiary/aromatic N) is 2. The SMILES string of the molecule is COc1cc(NC(=O)NCCN2CCN(C(=O)c3ccsc3)CC2)cc(OC)c1. The third kappa shape index (κ3) is 5.85. The summed E-state index contributed by atoms with van der Waals surface area (Å²) in [6.07, 6.45) is 0. The number of amides is 3. The zero-order valence-electron chi connectivity index (χ0n) is 16.6. The first-order valence-electron chi connectivity index (χ1n) is 9.41. The molecule has 0 radical (unpaired) electrons. The Balaban J connectivity index is 1.38. The summed E-state index contributed by atoms with van der Waals surface area (Å²) in [5, 5.41) is 9.45. The van der Waals surface area contributed by atoms with Crippen LogP contribution < -0.4 is 20.1 Å². The second kappa shape index (κ2) is 10.1. The summed E-state index contributed by atoms with van der Waals surface area (Å²) in [6.45, 7) is 4.24. The molecular weight excluding hydrogens is 392 g/mol. The summed E-state index contributed by atoms with van der Waals surface area (Å²) in [5.74, 6) is 1.31. The molecule has 0 atom stereocenters. The molecule has 1 aromatic carbocycles. The number of hydrogen-bond acceptors (Lipinski definition) is 6. The van der Waals surface area contributed by atoms with Crippen LogP contribution in [0.25, 0.3) is 0 Å². The molecule has 0 spiro atoms. The number of hydrogen-bond donors (Lipinski definition) is 2. The van der Waals surface area contributed by atoms with Gasteiger partial charge in [-0.1, -0.05) is 0 Å². The molecule has 0 saturated carbocycles. The fourth-order valence-electron chi connectivity index (χ4n) is 3.13. The van der Waals surface area contributed by atoms with Gasteiger partial charge in [0.15, 0.2) is 0 Å². The summed E-state index contributed by atoms with van der Waals surface area (Å²) in [7, 11) is 3.12. The summed E-state index contributed by atoms with van der Waals surface area (Å²) >= 11 is 1.53. The third-order valence-electron chi connectivity index (χ3n) is 4.75. The highest BCUT2D eigenvalue weighted by Gasteiger charge is 2.22. The van der Waals surface area contributed by atoms with Gasteiger partial charge in [-0.3, -0.25) is 9.69 Å². The van der Waals surface area contributed by atoms with Gasteiger partial charge in [-0.05, 0) is 11.4 Å². The number of carbonyl (C=O) groups excluding carboxylic acids is 2. The van der Waals surface area contributed by atoms with Crippen molar-refractivity contribution in [2.45, 2.75) is 0 Å². The van der Waals surface area contributed by atoms with Crippen LogP contribution in [0.15, 0.2) is 35.0 Å². The molecule has 3 rings (SSSR count). The predicted octanol–water partition coefficient (Wildman–Crippen LogP) is 2.34. The first-order chi connectivity index (χ1) is 14.1. The number of carbonyl (C=O) groups is 2. The minimum atomic E-state index is -0.286. The number of urea groups is 1. The third-order valence-corrected chi connectivity index (χ3v) is 5.43. The number of piperazine rings is 1. The van der Waals surface area contributed by atoms with E-state index in [0.29, 0.717) is 36.8 Å². The minimum absolute atomic E-state index is 0.0946. The Hall–Kier alpha value is -2.78. The number of anilines is 1. The zero-order chi connectivity index (χ0) is 20.6. The summed E-state index contributed by atoms with van der Waals surface area (Å²) in [6, 6.07) is 6.77. The van der Waals surface area contributed by atoms with Crippen molar-refractivity contribution >= 4 is 29.0 Å². The molecule has 8 nitrogen and oxygen atoms in total. The van der Waals surface area contributed by atoms with E-state index in [9.17, 15) is 9.59 Å². The predicted molar refractivity (Wildman–Crippen MR) is 113 cm³/mol. The van der Waals surface area contributed by atoms with Crippen molar-refractivity contribution in [2.24, 2.45) is 0 Å². The fourth-order valence-corrected chi connectivity index (χ4v) is 3.76. The highest BCUT2D eigenvalue weighted by molar-refractivity contribution is 7.08. The van der Waals surface area contributed by atoms with Gasteiger partial charge in [0.2, 0.25) is 0 Å². The van der Waals surface area contributed by atoms with E-state index in [4.69, 9.17) is 9.47 Å². The van der Waals surface area contributed by atoms with Crippen LogP contribution in [0, 0.1) is 0 Å². The van der Waals surface area contributed by atoms with E-state index in [-0.39, 0.29) is 11.9 Å². The Labute approximate surface area is 174 Å². The van der Waals surface area contributed by atoms with E-state index in [0.717, 1.165) is 25.2 Å². The van der Waals surface area contributed by atoms with E-state index < -0.39 is 0 Å². The van der Waals surface area contributed by atoms with Gasteiger partial charge in [0.05, 0.1) is 19.8 Å². The molecule has 2 N–H and O–H groups in total. The summed E-state index contributed by atoms with van der Waals surface area (Å²) in [5.41, 5.74) is 1.36. The molecule has 1 aliphatic heterocycles. The molecule has 9 heteroatoms. The molecule has 1 aromatic heterocycles. The van der Waals surface area contributed by atoms with Crippen molar-refractivity contribution in [3.63, 3.8) is 0 Å². The molecule has 29 heavy (non-hydrogen) atoms. The number of methoxy groups -OCH3 is 2. The molecule has 0 unspecified atom stereocenters. The van der Waals surface area contributed by atoms with Crippen LogP contribution in [0.3, 0.4) is 0 Å². The van der Waals surface area contributed by atoms with Crippen LogP contribution in [0.1, 0.15) is 10.4 Å². The summed E-state index contributed by atoms with van der Waals surface area (Å²) < 4.78 is 10.4. The lowest BCUT2D eigenvalue weighted by molar-refractivity contribution is 0.0640. The molecule has 1 aliphatic rings. The van der Waals surface area contributed by atoms with Crippen molar-refractivity contribution in [1.29, 1.82) is 0 Å². The van der Waals surface area contributed by atoms with E-state index in [1.54, 1.807) is 32.4 Å². The normalized spacial score (nSPS) is 14.3. The second-order valence-electron chi connectivity index (χ2n) is 6.63. The van der Waals surface area contributed by atoms with Crippen molar-refractivity contribution in [3.05, 3.63) is 40.6 Å². The summed E-state index contributed by atoms with van der Waals surface area (Å²) in [4.78, 5) is 28.6. The highest BCUT2D eigenvalue weighted by Crippen LogP contribution is 2.25. The Morgan fingerprint density at radius 3 is 2.34 bits per heavy atom. The van der Waals surface area contributed by atoms with E-state index in [1.165, 1.54) is 11.3 Å². The Morgan fingerprint density at radius 1 is 1.07 bits per heavy atom. The van der Waals surface area contributed by atoms with Gasteiger partial charge in [-0.2, -0.15) is 11.3 Å². The van der Waals surface area contributed by atoms with Gasteiger partial charge < -0.3 is 25.0 Å². The molecule has 156 valence electrons. The van der Waals surface area contributed by atoms with Crippen molar-refractivity contribution in [1.82, 2.24) is 15.1 Å². The second-order valence-corrected chi connectivity index (χ2v) is 7.41. The van der Waals surface area contributed by atoms with Gasteiger partial charge in [0.1, 0.15) is 11.5 Å². The largest absolute Gasteiger partial charge is 0.497 e. The molecule has 0 aliphatic carbocycles. The minimum Gasteiger partial charge on any atom is -0.497 e. The molecule has 2 aromatic rings. The smallest absolute Gasteiger partial charge is 0.319 e. The van der Waals surface area contributed by atoms with Crippen LogP contribution >= 0.6 is 11.3 Å². The van der Waals surface area contributed by atoms with Crippen LogP contribution in [0.2, 0.25) is 0 Å². The number of ether oxygens (including phenoxy) is 2. The maximum atomic E-state index is 12.4. The van der Waals surface area contributed by atoms with Gasteiger partial charge in [0, 0.05) is 68.5 Å². The van der Waals surface area contributed by atoms with Gasteiger partial charge in [-0.25, -0.2) is 4.79 Å². The maximum absolute atomic E-state index is 12.4. The van der Waals surface area contributed by atoms with Crippen molar-refractivity contribution in [3.8, 4) is 11.5 Å². The van der Waals surface area contributed by atoms with E-state index in [2.05, 4.69) is 15.5 Å². The lowest BCUT2D eigenvalue weighted by atomic mass is 10.2. The lowest BCUT2D eigenvalue weighted by Gasteiger charge is -2.34. The van der Waals surface area contributed by atoms with Crippen LogP contribution in [-0.4, -0.2) is 75.2 Å². The molecule has 3 amide bonds. The van der Waals surface area contributed by atoms with Crippen LogP contribution in [0.4, 0.5) is 10.5 Å². The van der Waals surface area contributed by atoms with Gasteiger partial charge in [0.25, 0.3) is 5.91 Å². The number of rotatable bonds is 7. The first-order valence-corrected chi connectivity index (χ1v) is 10.3. The number of benzene rings is 1. The van der Waals surface area contributed by atoms with Crippen molar-refractivity contribution in [2.75, 3.05) is 58.8 Å². The fraction of sp³-hybridized carbons (Fsp3) is 0.400. The topological polar surface area (TPSA) is 83.1 Å². The van der Waals surface area contributed by atoms with Gasteiger partial charge in [-0.15, -0.1) is 0 Å². The Kier molecular flexibility index (Phi) is 7.31. The highest BCUT2D eigenvalue weighted by atomic mass is 32.1. The Morgan fingerprint density at radius 2 is 1.76 bits per heavy atom. The maximum Gasteiger partial charge on any atom is 0.319 e. The number of nitrogens with one attached hydrogen (secondary N) is 2. The molecular formula is C20H26N4O4S. The van der Waals surface area contributed by atoms with Crippen LogP contribution in [0.5, 0.6) is 11.5 Å². The number of thiophene rings is 1. The molecule has 1 fully saturated rings. The quantitative estimate of drug-likeness (QED) is 0.721. The average Bonchev–Trinajstić information content (AvgIpc) is 3.28. The van der Waals surface area contributed by atoms with E-state index >= 15 is 0 Å². The molecule has 2 heterocycles. The average molecular weight is 419 g/mol. The molecule has 0 bridgehead atoms. The van der Waals surface area contributed by atoms with E-state index in [1.807, 2.05) is 21.7 Å². The lowest BCUT2D eigenvalue weighted by Crippen LogP contribution is -2.50. The van der Waals surface area contributed by atoms with Gasteiger partial charge >= 0.3 is 6.03 Å². The monoisotopic (exact) mass is 418 g/mol. The van der Waals surface area contributed by atoms with Crippen molar-refractivity contribution < 1.29 is 19.1 Å². The first kappa shape index (κ1) is 20.9.